The molecule has 3 nitrogen and oxygen atoms in total. The SMILES string of the molecule is CC(C)CN(CC(=O)N1CCS[C@@H]1c1ccc(F)cc1)Cc1ccccc1F. The lowest BCUT2D eigenvalue weighted by Crippen LogP contribution is -2.41. The van der Waals surface area contributed by atoms with Crippen LogP contribution in [0.2, 0.25) is 0 Å². The standard InChI is InChI=1S/C22H26F2N2OS/c1-16(2)13-25(14-18-5-3-4-6-20(18)24)15-21(27)26-11-12-28-22(26)17-7-9-19(23)10-8-17/h3-10,16,22H,11-15H2,1-2H3/t22-/m1/s1. The summed E-state index contributed by atoms with van der Waals surface area (Å²) >= 11 is 1.69. The third-order valence-corrected chi connectivity index (χ3v) is 5.96. The zero-order valence-corrected chi connectivity index (χ0v) is 17.1. The van der Waals surface area contributed by atoms with E-state index in [0.29, 0.717) is 31.1 Å². The number of thioether (sulfide) groups is 1. The Balaban J connectivity index is 1.71. The first kappa shape index (κ1) is 20.8. The summed E-state index contributed by atoms with van der Waals surface area (Å²) in [5.41, 5.74) is 1.53. The number of benzene rings is 2. The summed E-state index contributed by atoms with van der Waals surface area (Å²) in [6, 6.07) is 13.0. The Kier molecular flexibility index (Phi) is 7.08. The molecule has 1 heterocycles. The van der Waals surface area contributed by atoms with Crippen LogP contribution in [-0.4, -0.2) is 41.1 Å². The summed E-state index contributed by atoms with van der Waals surface area (Å²) in [6.45, 7) is 6.20. The fourth-order valence-electron chi connectivity index (χ4n) is 3.48. The second-order valence-electron chi connectivity index (χ2n) is 7.52. The van der Waals surface area contributed by atoms with Gasteiger partial charge < -0.3 is 4.90 Å². The van der Waals surface area contributed by atoms with Crippen molar-refractivity contribution in [2.24, 2.45) is 5.92 Å². The van der Waals surface area contributed by atoms with E-state index in [0.717, 1.165) is 11.3 Å². The van der Waals surface area contributed by atoms with Crippen LogP contribution >= 0.6 is 11.8 Å². The molecule has 2 aromatic carbocycles. The highest BCUT2D eigenvalue weighted by Crippen LogP contribution is 2.38. The maximum atomic E-state index is 14.1. The predicted octanol–water partition coefficient (Wildman–Crippen LogP) is 4.70. The van der Waals surface area contributed by atoms with Gasteiger partial charge in [0.2, 0.25) is 5.91 Å². The van der Waals surface area contributed by atoms with Crippen LogP contribution in [0.15, 0.2) is 48.5 Å². The lowest BCUT2D eigenvalue weighted by molar-refractivity contribution is -0.132. The normalized spacial score (nSPS) is 16.9. The van der Waals surface area contributed by atoms with Crippen molar-refractivity contribution >= 4 is 17.7 Å². The van der Waals surface area contributed by atoms with Gasteiger partial charge in [0.25, 0.3) is 0 Å². The highest BCUT2D eigenvalue weighted by Gasteiger charge is 2.31. The topological polar surface area (TPSA) is 23.6 Å². The van der Waals surface area contributed by atoms with Crippen LogP contribution in [0.1, 0.15) is 30.3 Å². The molecule has 1 aliphatic heterocycles. The molecule has 1 atom stereocenters. The van der Waals surface area contributed by atoms with Crippen LogP contribution in [0.4, 0.5) is 8.78 Å². The first-order chi connectivity index (χ1) is 13.4. The van der Waals surface area contributed by atoms with Gasteiger partial charge in [-0.15, -0.1) is 11.8 Å². The van der Waals surface area contributed by atoms with Gasteiger partial charge in [0, 0.05) is 31.0 Å². The molecule has 0 unspecified atom stereocenters. The van der Waals surface area contributed by atoms with E-state index in [2.05, 4.69) is 13.8 Å². The fraction of sp³-hybridized carbons (Fsp3) is 0.409. The molecular formula is C22H26F2N2OS. The van der Waals surface area contributed by atoms with E-state index in [4.69, 9.17) is 0 Å². The molecule has 1 amide bonds. The molecule has 28 heavy (non-hydrogen) atoms. The molecule has 0 spiro atoms. The molecule has 1 aliphatic rings. The van der Waals surface area contributed by atoms with Crippen LogP contribution in [0.3, 0.4) is 0 Å². The Hall–Kier alpha value is -1.92. The van der Waals surface area contributed by atoms with Crippen LogP contribution in [0.25, 0.3) is 0 Å². The summed E-state index contributed by atoms with van der Waals surface area (Å²) in [5.74, 6) is 0.713. The summed E-state index contributed by atoms with van der Waals surface area (Å²) in [4.78, 5) is 16.9. The first-order valence-corrected chi connectivity index (χ1v) is 10.6. The maximum absolute atomic E-state index is 14.1. The molecule has 0 aromatic heterocycles. The zero-order chi connectivity index (χ0) is 20.1. The minimum Gasteiger partial charge on any atom is -0.325 e. The van der Waals surface area contributed by atoms with E-state index < -0.39 is 0 Å². The van der Waals surface area contributed by atoms with E-state index in [1.807, 2.05) is 15.9 Å². The minimum atomic E-state index is -0.280. The Morgan fingerprint density at radius 1 is 1.18 bits per heavy atom. The number of nitrogens with zero attached hydrogens (tertiary/aromatic N) is 2. The average molecular weight is 405 g/mol. The molecule has 6 heteroatoms. The van der Waals surface area contributed by atoms with Gasteiger partial charge in [-0.05, 0) is 29.7 Å². The summed E-state index contributed by atoms with van der Waals surface area (Å²) < 4.78 is 27.3. The monoisotopic (exact) mass is 404 g/mol. The van der Waals surface area contributed by atoms with Crippen molar-refractivity contribution in [1.29, 1.82) is 0 Å². The molecule has 1 fully saturated rings. The molecule has 0 radical (unpaired) electrons. The molecule has 0 N–H and O–H groups in total. The number of amides is 1. The largest absolute Gasteiger partial charge is 0.325 e. The molecule has 0 aliphatic carbocycles. The van der Waals surface area contributed by atoms with Crippen molar-refractivity contribution in [2.75, 3.05) is 25.4 Å². The van der Waals surface area contributed by atoms with Crippen LogP contribution in [0.5, 0.6) is 0 Å². The number of halogens is 2. The van der Waals surface area contributed by atoms with Crippen LogP contribution < -0.4 is 0 Å². The van der Waals surface area contributed by atoms with Crippen molar-refractivity contribution in [3.05, 3.63) is 71.3 Å². The average Bonchev–Trinajstić information content (AvgIpc) is 3.13. The smallest absolute Gasteiger partial charge is 0.237 e. The van der Waals surface area contributed by atoms with Gasteiger partial charge in [0.15, 0.2) is 0 Å². The Morgan fingerprint density at radius 2 is 1.89 bits per heavy atom. The van der Waals surface area contributed by atoms with E-state index in [-0.39, 0.29) is 29.5 Å². The summed E-state index contributed by atoms with van der Waals surface area (Å²) in [5, 5.41) is -0.0949. The van der Waals surface area contributed by atoms with E-state index in [1.54, 1.807) is 36.0 Å². The second kappa shape index (κ2) is 9.52. The molecule has 1 saturated heterocycles. The lowest BCUT2D eigenvalue weighted by Gasteiger charge is -2.29. The maximum Gasteiger partial charge on any atom is 0.237 e. The Morgan fingerprint density at radius 3 is 2.57 bits per heavy atom. The van der Waals surface area contributed by atoms with Crippen molar-refractivity contribution in [3.63, 3.8) is 0 Å². The van der Waals surface area contributed by atoms with E-state index in [1.165, 1.54) is 18.2 Å². The van der Waals surface area contributed by atoms with Gasteiger partial charge in [-0.2, -0.15) is 0 Å². The van der Waals surface area contributed by atoms with Crippen molar-refractivity contribution < 1.29 is 13.6 Å². The Bertz CT molecular complexity index is 797. The molecular weight excluding hydrogens is 378 g/mol. The highest BCUT2D eigenvalue weighted by atomic mass is 32.2. The van der Waals surface area contributed by atoms with Gasteiger partial charge in [-0.3, -0.25) is 9.69 Å². The first-order valence-electron chi connectivity index (χ1n) is 9.56. The van der Waals surface area contributed by atoms with Gasteiger partial charge in [-0.25, -0.2) is 8.78 Å². The number of hydrogen-bond donors (Lipinski definition) is 0. The van der Waals surface area contributed by atoms with Gasteiger partial charge in [-0.1, -0.05) is 44.2 Å². The van der Waals surface area contributed by atoms with Crippen LogP contribution in [-0.2, 0) is 11.3 Å². The van der Waals surface area contributed by atoms with E-state index in [9.17, 15) is 13.6 Å². The number of carbonyl (C=O) groups is 1. The second-order valence-corrected chi connectivity index (χ2v) is 8.70. The van der Waals surface area contributed by atoms with Crippen molar-refractivity contribution in [2.45, 2.75) is 25.8 Å². The third-order valence-electron chi connectivity index (χ3n) is 4.70. The third kappa shape index (κ3) is 5.32. The van der Waals surface area contributed by atoms with Gasteiger partial charge >= 0.3 is 0 Å². The summed E-state index contributed by atoms with van der Waals surface area (Å²) in [7, 11) is 0. The molecule has 3 rings (SSSR count). The predicted molar refractivity (Wildman–Crippen MR) is 110 cm³/mol. The van der Waals surface area contributed by atoms with Crippen molar-refractivity contribution in [3.8, 4) is 0 Å². The van der Waals surface area contributed by atoms with E-state index >= 15 is 0 Å². The molecule has 150 valence electrons. The summed E-state index contributed by atoms with van der Waals surface area (Å²) in [6.07, 6.45) is 0. The molecule has 0 saturated carbocycles. The lowest BCUT2D eigenvalue weighted by atomic mass is 10.1. The highest BCUT2D eigenvalue weighted by molar-refractivity contribution is 7.99. The van der Waals surface area contributed by atoms with Gasteiger partial charge in [0.1, 0.15) is 17.0 Å². The number of hydrogen-bond acceptors (Lipinski definition) is 3. The molecule has 0 bridgehead atoms. The minimum absolute atomic E-state index is 0.0244. The Labute approximate surface area is 169 Å². The zero-order valence-electron chi connectivity index (χ0n) is 16.3. The fourth-order valence-corrected chi connectivity index (χ4v) is 4.76. The quantitative estimate of drug-likeness (QED) is 0.668. The van der Waals surface area contributed by atoms with Crippen LogP contribution in [0, 0.1) is 17.6 Å². The number of carbonyl (C=O) groups excluding carboxylic acids is 1. The number of rotatable bonds is 7. The molecule has 2 aromatic rings. The van der Waals surface area contributed by atoms with Gasteiger partial charge in [0.05, 0.1) is 6.54 Å². The van der Waals surface area contributed by atoms with Crippen molar-refractivity contribution in [1.82, 2.24) is 9.80 Å².